The zero-order chi connectivity index (χ0) is 21.7. The number of hydrogen-bond donors (Lipinski definition) is 1. The molecule has 0 aliphatic carbocycles. The number of amides is 3. The number of ether oxygens (including phenoxy) is 1. The molecule has 1 aromatic carbocycles. The molecule has 2 heterocycles. The van der Waals surface area contributed by atoms with Gasteiger partial charge in [-0.1, -0.05) is 23.4 Å². The number of urea groups is 1. The smallest absolute Gasteiger partial charge is 0.324 e. The third-order valence-corrected chi connectivity index (χ3v) is 5.85. The van der Waals surface area contributed by atoms with Crippen molar-refractivity contribution in [1.82, 2.24) is 19.8 Å². The van der Waals surface area contributed by atoms with Crippen molar-refractivity contribution in [2.45, 2.75) is 44.5 Å². The normalized spacial score (nSPS) is 14.2. The van der Waals surface area contributed by atoms with Gasteiger partial charge in [-0.3, -0.25) is 19.1 Å². The number of nitrogens with one attached hydrogen (secondary N) is 1. The highest BCUT2D eigenvalue weighted by Crippen LogP contribution is 2.21. The Labute approximate surface area is 183 Å². The predicted octanol–water partition coefficient (Wildman–Crippen LogP) is 2.90. The number of halogens is 1. The molecule has 1 fully saturated rings. The van der Waals surface area contributed by atoms with Crippen molar-refractivity contribution in [2.24, 2.45) is 0 Å². The summed E-state index contributed by atoms with van der Waals surface area (Å²) in [5.41, 5.74) is 0.441. The third kappa shape index (κ3) is 5.53. The Bertz CT molecular complexity index is 979. The van der Waals surface area contributed by atoms with Crippen LogP contribution in [0.1, 0.15) is 26.7 Å². The van der Waals surface area contributed by atoms with Crippen LogP contribution >= 0.6 is 23.4 Å². The van der Waals surface area contributed by atoms with Crippen LogP contribution in [0.25, 0.3) is 10.9 Å². The average Bonchev–Trinajstić information content (AvgIpc) is 3.01. The highest BCUT2D eigenvalue weighted by molar-refractivity contribution is 7.99. The molecule has 162 valence electrons. The minimum atomic E-state index is -0.356. The molecule has 0 saturated carbocycles. The van der Waals surface area contributed by atoms with Crippen molar-refractivity contribution in [3.8, 4) is 0 Å². The molecule has 0 spiro atoms. The molecule has 0 unspecified atom stereocenters. The first-order valence-electron chi connectivity index (χ1n) is 9.89. The highest BCUT2D eigenvalue weighted by Gasteiger charge is 2.27. The predicted molar refractivity (Wildman–Crippen MR) is 117 cm³/mol. The maximum Gasteiger partial charge on any atom is 0.324 e. The molecule has 1 aromatic heterocycles. The molecule has 1 N–H and O–H groups in total. The molecule has 0 bridgehead atoms. The number of aromatic nitrogens is 2. The van der Waals surface area contributed by atoms with E-state index in [1.807, 2.05) is 13.8 Å². The van der Waals surface area contributed by atoms with E-state index >= 15 is 0 Å². The van der Waals surface area contributed by atoms with Gasteiger partial charge in [0.25, 0.3) is 5.56 Å². The van der Waals surface area contributed by atoms with E-state index in [9.17, 15) is 14.4 Å². The molecule has 3 rings (SSSR count). The van der Waals surface area contributed by atoms with E-state index in [0.29, 0.717) is 59.4 Å². The second-order valence-electron chi connectivity index (χ2n) is 7.19. The van der Waals surface area contributed by atoms with Gasteiger partial charge in [0.2, 0.25) is 5.91 Å². The molecule has 30 heavy (non-hydrogen) atoms. The number of hydrogen-bond acceptors (Lipinski definition) is 6. The first kappa shape index (κ1) is 22.6. The van der Waals surface area contributed by atoms with E-state index in [4.69, 9.17) is 16.3 Å². The molecular formula is C20H25ClN4O4S. The van der Waals surface area contributed by atoms with Crippen LogP contribution in [0, 0.1) is 0 Å². The van der Waals surface area contributed by atoms with Crippen molar-refractivity contribution < 1.29 is 14.3 Å². The van der Waals surface area contributed by atoms with E-state index in [1.54, 1.807) is 22.8 Å². The summed E-state index contributed by atoms with van der Waals surface area (Å²) >= 11 is 7.50. The van der Waals surface area contributed by atoms with Crippen molar-refractivity contribution in [2.75, 3.05) is 25.4 Å². The number of imide groups is 1. The fourth-order valence-electron chi connectivity index (χ4n) is 3.09. The van der Waals surface area contributed by atoms with Crippen LogP contribution in [0.2, 0.25) is 5.02 Å². The van der Waals surface area contributed by atoms with Crippen LogP contribution in [0.5, 0.6) is 0 Å². The maximum atomic E-state index is 13.0. The molecule has 3 amide bonds. The second kappa shape index (κ2) is 10.3. The van der Waals surface area contributed by atoms with Gasteiger partial charge >= 0.3 is 6.03 Å². The molecule has 1 aliphatic rings. The lowest BCUT2D eigenvalue weighted by atomic mass is 10.2. The summed E-state index contributed by atoms with van der Waals surface area (Å²) < 4.78 is 7.25. The van der Waals surface area contributed by atoms with E-state index < -0.39 is 0 Å². The summed E-state index contributed by atoms with van der Waals surface area (Å²) in [7, 11) is 0. The second-order valence-corrected chi connectivity index (χ2v) is 8.69. The Kier molecular flexibility index (Phi) is 7.74. The lowest BCUT2D eigenvalue weighted by Crippen LogP contribution is -2.32. The molecule has 0 atom stereocenters. The van der Waals surface area contributed by atoms with Crippen LogP contribution in [-0.2, 0) is 16.1 Å². The molecule has 2 aromatic rings. The molecule has 8 nitrogen and oxygen atoms in total. The number of thioether (sulfide) groups is 1. The fourth-order valence-corrected chi connectivity index (χ4v) is 4.21. The Morgan fingerprint density at radius 3 is 2.73 bits per heavy atom. The number of fused-ring (bicyclic) bond motifs is 1. The number of carbonyl (C=O) groups is 2. The minimum Gasteiger partial charge on any atom is -0.379 e. The van der Waals surface area contributed by atoms with E-state index in [0.717, 1.165) is 0 Å². The first-order chi connectivity index (χ1) is 14.4. The summed E-state index contributed by atoms with van der Waals surface area (Å²) in [5, 5.41) is 4.14. The zero-order valence-electron chi connectivity index (χ0n) is 17.0. The van der Waals surface area contributed by atoms with Crippen molar-refractivity contribution in [3.05, 3.63) is 33.6 Å². The molecule has 10 heteroatoms. The Morgan fingerprint density at radius 1 is 1.23 bits per heavy atom. The summed E-state index contributed by atoms with van der Waals surface area (Å²) in [4.78, 5) is 42.2. The van der Waals surface area contributed by atoms with Crippen LogP contribution < -0.4 is 10.9 Å². The van der Waals surface area contributed by atoms with Crippen LogP contribution in [0.3, 0.4) is 0 Å². The van der Waals surface area contributed by atoms with Gasteiger partial charge in [0.1, 0.15) is 0 Å². The van der Waals surface area contributed by atoms with Gasteiger partial charge in [0.05, 0.1) is 23.6 Å². The SMILES string of the molecule is CC(C)OCCCn1c(SCCCN2C(=O)CNC2=O)nc2cc(Cl)ccc2c1=O. The van der Waals surface area contributed by atoms with Gasteiger partial charge in [-0.2, -0.15) is 0 Å². The lowest BCUT2D eigenvalue weighted by Gasteiger charge is -2.15. The van der Waals surface area contributed by atoms with E-state index in [1.165, 1.54) is 16.7 Å². The van der Waals surface area contributed by atoms with Gasteiger partial charge in [-0.05, 0) is 44.9 Å². The largest absolute Gasteiger partial charge is 0.379 e. The van der Waals surface area contributed by atoms with Gasteiger partial charge in [0.15, 0.2) is 5.16 Å². The average molecular weight is 453 g/mol. The van der Waals surface area contributed by atoms with Gasteiger partial charge in [-0.15, -0.1) is 0 Å². The third-order valence-electron chi connectivity index (χ3n) is 4.55. The van der Waals surface area contributed by atoms with Crippen molar-refractivity contribution in [3.63, 3.8) is 0 Å². The van der Waals surface area contributed by atoms with Gasteiger partial charge < -0.3 is 10.1 Å². The number of carbonyl (C=O) groups excluding carboxylic acids is 2. The highest BCUT2D eigenvalue weighted by atomic mass is 35.5. The Morgan fingerprint density at radius 2 is 2.03 bits per heavy atom. The number of nitrogens with zero attached hydrogens (tertiary/aromatic N) is 3. The van der Waals surface area contributed by atoms with Gasteiger partial charge in [0, 0.05) is 30.5 Å². The van der Waals surface area contributed by atoms with Crippen LogP contribution in [-0.4, -0.2) is 57.9 Å². The monoisotopic (exact) mass is 452 g/mol. The Hall–Kier alpha value is -2.10. The number of benzene rings is 1. The van der Waals surface area contributed by atoms with Gasteiger partial charge in [-0.25, -0.2) is 9.78 Å². The maximum absolute atomic E-state index is 13.0. The summed E-state index contributed by atoms with van der Waals surface area (Å²) in [6, 6.07) is 4.71. The summed E-state index contributed by atoms with van der Waals surface area (Å²) in [6.45, 7) is 5.38. The van der Waals surface area contributed by atoms with E-state index in [-0.39, 0.29) is 30.1 Å². The van der Waals surface area contributed by atoms with Crippen molar-refractivity contribution in [1.29, 1.82) is 0 Å². The summed E-state index contributed by atoms with van der Waals surface area (Å²) in [5.74, 6) is 0.392. The molecule has 0 radical (unpaired) electrons. The van der Waals surface area contributed by atoms with Crippen molar-refractivity contribution >= 4 is 46.2 Å². The van der Waals surface area contributed by atoms with Crippen LogP contribution in [0.4, 0.5) is 4.79 Å². The molecule has 1 saturated heterocycles. The zero-order valence-corrected chi connectivity index (χ0v) is 18.6. The lowest BCUT2D eigenvalue weighted by molar-refractivity contribution is -0.124. The molecular weight excluding hydrogens is 428 g/mol. The standard InChI is InChI=1S/C20H25ClN4O4S/c1-13(2)29-9-3-7-25-18(27)15-6-5-14(21)11-16(15)23-20(25)30-10-4-8-24-17(26)12-22-19(24)28/h5-6,11,13H,3-4,7-10,12H2,1-2H3,(H,22,28). The minimum absolute atomic E-state index is 0.0525. The first-order valence-corrected chi connectivity index (χ1v) is 11.3. The summed E-state index contributed by atoms with van der Waals surface area (Å²) in [6.07, 6.45) is 1.43. The quantitative estimate of drug-likeness (QED) is 0.258. The molecule has 1 aliphatic heterocycles. The fraction of sp³-hybridized carbons (Fsp3) is 0.500. The Balaban J connectivity index is 1.73. The van der Waals surface area contributed by atoms with E-state index in [2.05, 4.69) is 10.3 Å². The van der Waals surface area contributed by atoms with Crippen LogP contribution in [0.15, 0.2) is 28.2 Å². The topological polar surface area (TPSA) is 93.5 Å². The number of rotatable bonds is 10.